The number of benzene rings is 1. The van der Waals surface area contributed by atoms with E-state index >= 15 is 0 Å². The van der Waals surface area contributed by atoms with Gasteiger partial charge in [-0.25, -0.2) is 4.98 Å². The van der Waals surface area contributed by atoms with Crippen LogP contribution >= 0.6 is 0 Å². The van der Waals surface area contributed by atoms with Gasteiger partial charge in [-0.1, -0.05) is 0 Å². The monoisotopic (exact) mass is 287 g/mol. The average Bonchev–Trinajstić information content (AvgIpc) is 2.53. The highest BCUT2D eigenvalue weighted by atomic mass is 16.5. The summed E-state index contributed by atoms with van der Waals surface area (Å²) in [5.74, 6) is 1.51. The van der Waals surface area contributed by atoms with Gasteiger partial charge >= 0.3 is 6.01 Å². The second-order valence-corrected chi connectivity index (χ2v) is 5.63. The first-order valence-electron chi connectivity index (χ1n) is 7.37. The van der Waals surface area contributed by atoms with Crippen molar-refractivity contribution in [3.8, 4) is 11.8 Å². The number of nitrogens with zero attached hydrogens (tertiary/aromatic N) is 3. The van der Waals surface area contributed by atoms with Crippen molar-refractivity contribution in [1.29, 1.82) is 0 Å². The topological polar surface area (TPSA) is 47.5 Å². The molecule has 5 nitrogen and oxygen atoms in total. The smallest absolute Gasteiger partial charge is 0.316 e. The van der Waals surface area contributed by atoms with Crippen molar-refractivity contribution in [1.82, 2.24) is 14.9 Å². The molecule has 0 bridgehead atoms. The highest BCUT2D eigenvalue weighted by Crippen LogP contribution is 2.22. The first-order valence-corrected chi connectivity index (χ1v) is 7.37. The van der Waals surface area contributed by atoms with Gasteiger partial charge in [0.1, 0.15) is 5.75 Å². The van der Waals surface area contributed by atoms with Crippen molar-refractivity contribution in [2.24, 2.45) is 5.92 Å². The zero-order valence-electron chi connectivity index (χ0n) is 12.6. The summed E-state index contributed by atoms with van der Waals surface area (Å²) >= 11 is 0. The standard InChI is InChI=1S/C16H21N3O2/c1-19-7-5-12(6-8-19)11-21-14-4-3-13-10-17-16(20-2)18-15(13)9-14/h3-4,9-10,12H,5-8,11H2,1-2H3. The summed E-state index contributed by atoms with van der Waals surface area (Å²) in [7, 11) is 3.75. The fraction of sp³-hybridized carbons (Fsp3) is 0.500. The highest BCUT2D eigenvalue weighted by Gasteiger charge is 2.17. The Morgan fingerprint density at radius 1 is 1.29 bits per heavy atom. The van der Waals surface area contributed by atoms with Crippen molar-refractivity contribution in [3.05, 3.63) is 24.4 Å². The third-order valence-electron chi connectivity index (χ3n) is 4.04. The molecule has 0 amide bonds. The molecule has 1 aromatic carbocycles. The van der Waals surface area contributed by atoms with Crippen molar-refractivity contribution < 1.29 is 9.47 Å². The Morgan fingerprint density at radius 3 is 2.86 bits per heavy atom. The lowest BCUT2D eigenvalue weighted by molar-refractivity contribution is 0.160. The molecule has 5 heteroatoms. The molecule has 0 saturated carbocycles. The second-order valence-electron chi connectivity index (χ2n) is 5.63. The van der Waals surface area contributed by atoms with Crippen LogP contribution in [-0.4, -0.2) is 48.7 Å². The third kappa shape index (κ3) is 3.42. The van der Waals surface area contributed by atoms with E-state index in [1.165, 1.54) is 12.8 Å². The third-order valence-corrected chi connectivity index (χ3v) is 4.04. The molecule has 21 heavy (non-hydrogen) atoms. The summed E-state index contributed by atoms with van der Waals surface area (Å²) in [6, 6.07) is 6.30. The molecule has 2 heterocycles. The van der Waals surface area contributed by atoms with E-state index in [4.69, 9.17) is 9.47 Å². The zero-order valence-corrected chi connectivity index (χ0v) is 12.6. The molecular weight excluding hydrogens is 266 g/mol. The maximum atomic E-state index is 5.94. The van der Waals surface area contributed by atoms with Crippen LogP contribution in [0.15, 0.2) is 24.4 Å². The van der Waals surface area contributed by atoms with Crippen molar-refractivity contribution in [2.45, 2.75) is 12.8 Å². The van der Waals surface area contributed by atoms with Crippen LogP contribution < -0.4 is 9.47 Å². The van der Waals surface area contributed by atoms with Gasteiger partial charge in [0.05, 0.1) is 19.2 Å². The fourth-order valence-corrected chi connectivity index (χ4v) is 2.62. The minimum absolute atomic E-state index is 0.384. The molecule has 1 fully saturated rings. The predicted molar refractivity (Wildman–Crippen MR) is 81.8 cm³/mol. The molecule has 0 unspecified atom stereocenters. The number of fused-ring (bicyclic) bond motifs is 1. The molecule has 1 aliphatic rings. The number of rotatable bonds is 4. The molecule has 0 atom stereocenters. The van der Waals surface area contributed by atoms with E-state index in [0.29, 0.717) is 11.9 Å². The summed E-state index contributed by atoms with van der Waals surface area (Å²) in [5, 5.41) is 0.988. The maximum absolute atomic E-state index is 5.94. The van der Waals surface area contributed by atoms with Gasteiger partial charge < -0.3 is 14.4 Å². The van der Waals surface area contributed by atoms with Gasteiger partial charge in [-0.05, 0) is 51.0 Å². The molecule has 1 saturated heterocycles. The number of hydrogen-bond donors (Lipinski definition) is 0. The molecule has 3 rings (SSSR count). The quantitative estimate of drug-likeness (QED) is 0.864. The number of methoxy groups -OCH3 is 1. The molecule has 1 aliphatic heterocycles. The summed E-state index contributed by atoms with van der Waals surface area (Å²) in [4.78, 5) is 10.8. The Hall–Kier alpha value is -1.88. The van der Waals surface area contributed by atoms with Crippen LogP contribution in [0.3, 0.4) is 0 Å². The Labute approximate surface area is 124 Å². The molecule has 112 valence electrons. The summed E-state index contributed by atoms with van der Waals surface area (Å²) in [6.07, 6.45) is 4.18. The Balaban J connectivity index is 1.66. The SMILES string of the molecule is COc1ncc2ccc(OCC3CCN(C)CC3)cc2n1. The van der Waals surface area contributed by atoms with Gasteiger partial charge in [-0.3, -0.25) is 0 Å². The van der Waals surface area contributed by atoms with Gasteiger partial charge in [-0.15, -0.1) is 0 Å². The normalized spacial score (nSPS) is 17.0. The maximum Gasteiger partial charge on any atom is 0.316 e. The first-order chi connectivity index (χ1) is 10.2. The first kappa shape index (κ1) is 14.1. The minimum Gasteiger partial charge on any atom is -0.493 e. The average molecular weight is 287 g/mol. The van der Waals surface area contributed by atoms with Gasteiger partial charge in [0.2, 0.25) is 0 Å². The molecule has 2 aromatic rings. The summed E-state index contributed by atoms with van der Waals surface area (Å²) < 4.78 is 11.0. The van der Waals surface area contributed by atoms with Crippen LogP contribution in [0.2, 0.25) is 0 Å². The number of aromatic nitrogens is 2. The second kappa shape index (κ2) is 6.26. The number of ether oxygens (including phenoxy) is 2. The largest absolute Gasteiger partial charge is 0.493 e. The molecule has 0 spiro atoms. The van der Waals surface area contributed by atoms with E-state index in [1.54, 1.807) is 13.3 Å². The van der Waals surface area contributed by atoms with Gasteiger partial charge in [-0.2, -0.15) is 4.98 Å². The van der Waals surface area contributed by atoms with E-state index in [1.807, 2.05) is 18.2 Å². The van der Waals surface area contributed by atoms with Crippen LogP contribution in [0.25, 0.3) is 10.9 Å². The van der Waals surface area contributed by atoms with E-state index in [2.05, 4.69) is 21.9 Å². The predicted octanol–water partition coefficient (Wildman–Crippen LogP) is 2.36. The van der Waals surface area contributed by atoms with Crippen LogP contribution in [-0.2, 0) is 0 Å². The summed E-state index contributed by atoms with van der Waals surface area (Å²) in [6.45, 7) is 3.11. The van der Waals surface area contributed by atoms with Crippen LogP contribution in [0.4, 0.5) is 0 Å². The number of likely N-dealkylation sites (tertiary alicyclic amines) is 1. The molecular formula is C16H21N3O2. The molecule has 0 aliphatic carbocycles. The highest BCUT2D eigenvalue weighted by molar-refractivity contribution is 5.79. The lowest BCUT2D eigenvalue weighted by atomic mass is 9.98. The summed E-state index contributed by atoms with van der Waals surface area (Å²) in [5.41, 5.74) is 0.850. The van der Waals surface area contributed by atoms with E-state index < -0.39 is 0 Å². The van der Waals surface area contributed by atoms with E-state index in [-0.39, 0.29) is 0 Å². The molecule has 1 aromatic heterocycles. The van der Waals surface area contributed by atoms with Crippen molar-refractivity contribution in [2.75, 3.05) is 33.9 Å². The lowest BCUT2D eigenvalue weighted by Gasteiger charge is -2.28. The van der Waals surface area contributed by atoms with Crippen molar-refractivity contribution in [3.63, 3.8) is 0 Å². The Kier molecular flexibility index (Phi) is 4.20. The fourth-order valence-electron chi connectivity index (χ4n) is 2.62. The number of piperidine rings is 1. The molecule has 0 N–H and O–H groups in total. The van der Waals surface area contributed by atoms with Gasteiger partial charge in [0, 0.05) is 17.6 Å². The Morgan fingerprint density at radius 2 is 2.10 bits per heavy atom. The lowest BCUT2D eigenvalue weighted by Crippen LogP contribution is -2.32. The Bertz CT molecular complexity index is 609. The van der Waals surface area contributed by atoms with Crippen LogP contribution in [0, 0.1) is 5.92 Å². The zero-order chi connectivity index (χ0) is 14.7. The van der Waals surface area contributed by atoms with Gasteiger partial charge in [0.15, 0.2) is 0 Å². The van der Waals surface area contributed by atoms with Crippen molar-refractivity contribution >= 4 is 10.9 Å². The van der Waals surface area contributed by atoms with Crippen LogP contribution in [0.1, 0.15) is 12.8 Å². The van der Waals surface area contributed by atoms with Gasteiger partial charge in [0.25, 0.3) is 0 Å². The van der Waals surface area contributed by atoms with E-state index in [9.17, 15) is 0 Å². The minimum atomic E-state index is 0.384. The van der Waals surface area contributed by atoms with E-state index in [0.717, 1.165) is 36.3 Å². The molecule has 0 radical (unpaired) electrons. The number of hydrogen-bond acceptors (Lipinski definition) is 5. The van der Waals surface area contributed by atoms with Crippen LogP contribution in [0.5, 0.6) is 11.8 Å².